The average Bonchev–Trinajstić information content (AvgIpc) is 2.85. The number of hydrogen-bond donors (Lipinski definition) is 0. The van der Waals surface area contributed by atoms with Gasteiger partial charge in [0.1, 0.15) is 29.1 Å². The number of rotatable bonds is 13. The Bertz CT molecular complexity index is 722. The minimum Gasteiger partial charge on any atom is -0.469 e. The van der Waals surface area contributed by atoms with Gasteiger partial charge in [0.15, 0.2) is 0 Å². The number of hydrogen-bond acceptors (Lipinski definition) is 7. The van der Waals surface area contributed by atoms with Crippen LogP contribution in [0.15, 0.2) is 23.8 Å². The molecule has 0 radical (unpaired) electrons. The van der Waals surface area contributed by atoms with Crippen molar-refractivity contribution < 1.29 is 31.6 Å². The largest absolute Gasteiger partial charge is 0.469 e. The van der Waals surface area contributed by atoms with Crippen LogP contribution in [0, 0.1) is 23.7 Å². The number of methoxy groups -OCH3 is 3. The second-order valence-electron chi connectivity index (χ2n) is 9.53. The maximum Gasteiger partial charge on any atom is 0.308 e. The third-order valence-corrected chi connectivity index (χ3v) is 8.04. The van der Waals surface area contributed by atoms with Crippen molar-refractivity contribution in [1.29, 1.82) is 0 Å². The van der Waals surface area contributed by atoms with Crippen molar-refractivity contribution in [3.05, 3.63) is 23.8 Å². The summed E-state index contributed by atoms with van der Waals surface area (Å²) in [6.07, 6.45) is 9.96. The van der Waals surface area contributed by atoms with E-state index in [0.717, 1.165) is 19.3 Å². The molecule has 34 heavy (non-hydrogen) atoms. The Hall–Kier alpha value is -0.970. The standard InChI is InChI=1S/C26H41IO7/c1-7-16(2)26(29)33-23-14-21(34-27)12-18-9-8-17(3)22(25(18)23)11-10-19(30-4)13-20(31-5)15-24(28)32-6/h8-9,12,16-17,19-23,25H,7,10-11,13-15H2,1-6H3/t16-,17-,19+,20+,21+,22-,23-,25-/m0/s1. The molecule has 0 aromatic rings. The normalized spacial score (nSPS) is 28.9. The Kier molecular flexibility index (Phi) is 12.5. The van der Waals surface area contributed by atoms with Crippen LogP contribution >= 0.6 is 23.0 Å². The highest BCUT2D eigenvalue weighted by Crippen LogP contribution is 2.44. The molecule has 0 heterocycles. The third kappa shape index (κ3) is 8.03. The first kappa shape index (κ1) is 29.3. The highest BCUT2D eigenvalue weighted by Gasteiger charge is 2.42. The van der Waals surface area contributed by atoms with Crippen molar-refractivity contribution in [1.82, 2.24) is 0 Å². The average molecular weight is 593 g/mol. The zero-order valence-electron chi connectivity index (χ0n) is 21.3. The molecule has 0 saturated carbocycles. The quantitative estimate of drug-likeness (QED) is 0.215. The van der Waals surface area contributed by atoms with Crippen molar-refractivity contribution in [2.45, 2.75) is 83.7 Å². The van der Waals surface area contributed by atoms with Crippen LogP contribution in [-0.4, -0.2) is 57.7 Å². The maximum absolute atomic E-state index is 12.7. The number of fused-ring (bicyclic) bond motifs is 1. The summed E-state index contributed by atoms with van der Waals surface area (Å²) in [5, 5.41) is 0. The monoisotopic (exact) mass is 592 g/mol. The molecule has 0 spiro atoms. The third-order valence-electron chi connectivity index (χ3n) is 7.39. The summed E-state index contributed by atoms with van der Waals surface area (Å²) in [4.78, 5) is 24.4. The van der Waals surface area contributed by atoms with Gasteiger partial charge in [0.2, 0.25) is 0 Å². The number of halogens is 1. The molecule has 2 aliphatic carbocycles. The summed E-state index contributed by atoms with van der Waals surface area (Å²) in [6.45, 7) is 6.14. The molecule has 0 amide bonds. The molecule has 8 heteroatoms. The molecule has 7 nitrogen and oxygen atoms in total. The second kappa shape index (κ2) is 14.6. The summed E-state index contributed by atoms with van der Waals surface area (Å²) >= 11 is 1.93. The van der Waals surface area contributed by atoms with Gasteiger partial charge in [-0.3, -0.25) is 9.59 Å². The van der Waals surface area contributed by atoms with Crippen molar-refractivity contribution in [3.63, 3.8) is 0 Å². The predicted octanol–water partition coefficient (Wildman–Crippen LogP) is 5.21. The maximum atomic E-state index is 12.7. The summed E-state index contributed by atoms with van der Waals surface area (Å²) in [5.74, 6) is 0.226. The minimum absolute atomic E-state index is 0.0460. The second-order valence-corrected chi connectivity index (χ2v) is 10.0. The summed E-state index contributed by atoms with van der Waals surface area (Å²) < 4.78 is 27.8. The topological polar surface area (TPSA) is 80.3 Å². The number of allylic oxidation sites excluding steroid dienone is 2. The van der Waals surface area contributed by atoms with Crippen molar-refractivity contribution in [2.75, 3.05) is 21.3 Å². The SMILES string of the molecule is CC[C@H](C)C(=O)O[C@H]1C[C@H](OI)C=C2C=C[C@H](C)[C@H](CC[C@H](C[C@H](CC(=O)OC)OC)OC)[C@H]21. The molecule has 194 valence electrons. The van der Waals surface area contributed by atoms with Gasteiger partial charge < -0.3 is 22.0 Å². The van der Waals surface area contributed by atoms with Gasteiger partial charge in [-0.25, -0.2) is 0 Å². The lowest BCUT2D eigenvalue weighted by Crippen LogP contribution is -2.43. The van der Waals surface area contributed by atoms with Crippen molar-refractivity contribution in [3.8, 4) is 0 Å². The van der Waals surface area contributed by atoms with Gasteiger partial charge in [-0.15, -0.1) is 0 Å². The van der Waals surface area contributed by atoms with E-state index in [4.69, 9.17) is 22.0 Å². The Morgan fingerprint density at radius 3 is 2.47 bits per heavy atom. The zero-order chi connectivity index (χ0) is 25.3. The molecular formula is C26H41IO7. The molecule has 2 rings (SSSR count). The molecule has 0 unspecified atom stereocenters. The molecule has 0 saturated heterocycles. The van der Waals surface area contributed by atoms with Crippen LogP contribution in [-0.2, 0) is 31.6 Å². The highest BCUT2D eigenvalue weighted by atomic mass is 127. The van der Waals surface area contributed by atoms with Crippen LogP contribution in [0.3, 0.4) is 0 Å². The van der Waals surface area contributed by atoms with Crippen LogP contribution < -0.4 is 0 Å². The van der Waals surface area contributed by atoms with E-state index in [9.17, 15) is 9.59 Å². The molecule has 0 aromatic heterocycles. The van der Waals surface area contributed by atoms with E-state index >= 15 is 0 Å². The minimum atomic E-state index is -0.289. The summed E-state index contributed by atoms with van der Waals surface area (Å²) in [7, 11) is 4.69. The van der Waals surface area contributed by atoms with Gasteiger partial charge in [0.05, 0.1) is 37.8 Å². The van der Waals surface area contributed by atoms with Crippen molar-refractivity contribution in [2.24, 2.45) is 23.7 Å². The Morgan fingerprint density at radius 1 is 1.18 bits per heavy atom. The van der Waals surface area contributed by atoms with E-state index in [2.05, 4.69) is 25.2 Å². The van der Waals surface area contributed by atoms with E-state index in [0.29, 0.717) is 24.7 Å². The first-order valence-electron chi connectivity index (χ1n) is 12.3. The fourth-order valence-electron chi connectivity index (χ4n) is 5.00. The smallest absolute Gasteiger partial charge is 0.308 e. The van der Waals surface area contributed by atoms with Gasteiger partial charge in [-0.2, -0.15) is 0 Å². The van der Waals surface area contributed by atoms with Gasteiger partial charge >= 0.3 is 11.9 Å². The highest BCUT2D eigenvalue weighted by molar-refractivity contribution is 14.1. The van der Waals surface area contributed by atoms with E-state index in [-0.39, 0.29) is 54.6 Å². The van der Waals surface area contributed by atoms with Crippen LogP contribution in [0.1, 0.15) is 59.3 Å². The fraction of sp³-hybridized carbons (Fsp3) is 0.769. The van der Waals surface area contributed by atoms with Gasteiger partial charge in [0.25, 0.3) is 0 Å². The van der Waals surface area contributed by atoms with E-state index in [1.165, 1.54) is 12.7 Å². The lowest BCUT2D eigenvalue weighted by atomic mass is 9.66. The van der Waals surface area contributed by atoms with Crippen molar-refractivity contribution >= 4 is 34.9 Å². The number of carbonyl (C=O) groups excluding carboxylic acids is 2. The van der Waals surface area contributed by atoms with Gasteiger partial charge in [0, 0.05) is 33.0 Å². The van der Waals surface area contributed by atoms with Crippen LogP contribution in [0.2, 0.25) is 0 Å². The molecule has 0 aromatic carbocycles. The first-order valence-corrected chi connectivity index (χ1v) is 13.2. The van der Waals surface area contributed by atoms with Crippen LogP contribution in [0.5, 0.6) is 0 Å². The molecule has 0 aliphatic heterocycles. The molecule has 0 bridgehead atoms. The van der Waals surface area contributed by atoms with Crippen LogP contribution in [0.25, 0.3) is 0 Å². The lowest BCUT2D eigenvalue weighted by molar-refractivity contribution is -0.159. The number of ether oxygens (including phenoxy) is 4. The van der Waals surface area contributed by atoms with E-state index in [1.807, 2.05) is 36.9 Å². The molecule has 0 N–H and O–H groups in total. The van der Waals surface area contributed by atoms with Crippen LogP contribution in [0.4, 0.5) is 0 Å². The molecule has 0 fully saturated rings. The molecule has 8 atom stereocenters. The van der Waals surface area contributed by atoms with E-state index < -0.39 is 0 Å². The predicted molar refractivity (Wildman–Crippen MR) is 138 cm³/mol. The Balaban J connectivity index is 2.16. The lowest BCUT2D eigenvalue weighted by Gasteiger charge is -2.43. The fourth-order valence-corrected chi connectivity index (χ4v) is 5.35. The molecular weight excluding hydrogens is 551 g/mol. The summed E-state index contributed by atoms with van der Waals surface area (Å²) in [5.41, 5.74) is 1.19. The Labute approximate surface area is 218 Å². The Morgan fingerprint density at radius 2 is 1.88 bits per heavy atom. The van der Waals surface area contributed by atoms with Gasteiger partial charge in [-0.05, 0) is 36.7 Å². The first-order chi connectivity index (χ1) is 16.3. The van der Waals surface area contributed by atoms with E-state index in [1.54, 1.807) is 14.2 Å². The summed E-state index contributed by atoms with van der Waals surface area (Å²) in [6, 6.07) is 0. The van der Waals surface area contributed by atoms with Gasteiger partial charge in [-0.1, -0.05) is 39.0 Å². The zero-order valence-corrected chi connectivity index (χ0v) is 23.5. The number of esters is 2. The molecule has 2 aliphatic rings. The number of carbonyl (C=O) groups is 2.